The van der Waals surface area contributed by atoms with E-state index in [2.05, 4.69) is 6.58 Å². The normalized spacial score (nSPS) is 22.6. The van der Waals surface area contributed by atoms with Crippen molar-refractivity contribution in [2.45, 2.75) is 50.2 Å². The van der Waals surface area contributed by atoms with E-state index < -0.39 is 48.0 Å². The van der Waals surface area contributed by atoms with Gasteiger partial charge >= 0.3 is 5.97 Å². The van der Waals surface area contributed by atoms with Gasteiger partial charge in [0.2, 0.25) is 0 Å². The maximum absolute atomic E-state index is 13.1. The second-order valence-electron chi connectivity index (χ2n) is 9.12. The van der Waals surface area contributed by atoms with Crippen LogP contribution in [0.4, 0.5) is 5.69 Å². The van der Waals surface area contributed by atoms with Gasteiger partial charge in [0.1, 0.15) is 18.3 Å². The number of nitrogens with zero attached hydrogens (tertiary/aromatic N) is 1. The second-order valence-corrected chi connectivity index (χ2v) is 9.12. The Labute approximate surface area is 226 Å². The molecule has 1 heterocycles. The van der Waals surface area contributed by atoms with Crippen LogP contribution in [-0.4, -0.2) is 53.1 Å². The largest absolute Gasteiger partial charge is 0.453 e. The average molecular weight is 534 g/mol. The number of esters is 1. The Kier molecular flexibility index (Phi) is 9.93. The van der Waals surface area contributed by atoms with Gasteiger partial charge in [-0.3, -0.25) is 10.1 Å². The number of non-ortho nitro benzene ring substituents is 1. The SMILES string of the molecule is C=CC[C@H]1O[C@H](CO)[C@@H](OC(=O)c2ccc([N+](=O)[O-])cc2)[C@H](OCc2ccccc2)[C@H]1OCc1ccccc1. The zero-order valence-electron chi connectivity index (χ0n) is 21.3. The molecule has 0 amide bonds. The smallest absolute Gasteiger partial charge is 0.338 e. The summed E-state index contributed by atoms with van der Waals surface area (Å²) in [4.78, 5) is 23.6. The first kappa shape index (κ1) is 28.1. The van der Waals surface area contributed by atoms with Gasteiger partial charge in [-0.15, -0.1) is 6.58 Å². The monoisotopic (exact) mass is 533 g/mol. The van der Waals surface area contributed by atoms with Crippen LogP contribution in [0.25, 0.3) is 0 Å². The maximum atomic E-state index is 13.1. The van der Waals surface area contributed by atoms with Crippen molar-refractivity contribution in [2.24, 2.45) is 0 Å². The minimum absolute atomic E-state index is 0.120. The number of aliphatic hydroxyl groups excluding tert-OH is 1. The Morgan fingerprint density at radius 2 is 1.44 bits per heavy atom. The van der Waals surface area contributed by atoms with Gasteiger partial charge in [0.25, 0.3) is 5.69 Å². The fourth-order valence-electron chi connectivity index (χ4n) is 4.47. The number of carbonyl (C=O) groups excluding carboxylic acids is 1. The highest BCUT2D eigenvalue weighted by Gasteiger charge is 2.49. The zero-order chi connectivity index (χ0) is 27.6. The van der Waals surface area contributed by atoms with Gasteiger partial charge in [-0.05, 0) is 29.7 Å². The first-order chi connectivity index (χ1) is 19.0. The van der Waals surface area contributed by atoms with Gasteiger partial charge in [0.15, 0.2) is 6.10 Å². The zero-order valence-corrected chi connectivity index (χ0v) is 21.3. The highest BCUT2D eigenvalue weighted by molar-refractivity contribution is 5.89. The van der Waals surface area contributed by atoms with E-state index in [0.29, 0.717) is 6.42 Å². The van der Waals surface area contributed by atoms with E-state index in [1.54, 1.807) is 6.08 Å². The first-order valence-corrected chi connectivity index (χ1v) is 12.6. The molecule has 0 saturated carbocycles. The molecule has 0 unspecified atom stereocenters. The predicted molar refractivity (Wildman–Crippen MR) is 143 cm³/mol. The van der Waals surface area contributed by atoms with Crippen LogP contribution in [0.3, 0.4) is 0 Å². The number of hydrogen-bond donors (Lipinski definition) is 1. The lowest BCUT2D eigenvalue weighted by molar-refractivity contribution is -0.384. The molecule has 39 heavy (non-hydrogen) atoms. The van der Waals surface area contributed by atoms with Crippen LogP contribution in [0.5, 0.6) is 0 Å². The molecule has 4 rings (SSSR count). The first-order valence-electron chi connectivity index (χ1n) is 12.6. The van der Waals surface area contributed by atoms with Gasteiger partial charge in [-0.25, -0.2) is 4.79 Å². The van der Waals surface area contributed by atoms with Crippen molar-refractivity contribution in [1.82, 2.24) is 0 Å². The minimum atomic E-state index is -1.02. The molecular weight excluding hydrogens is 502 g/mol. The number of nitro benzene ring substituents is 1. The van der Waals surface area contributed by atoms with E-state index in [4.69, 9.17) is 18.9 Å². The summed E-state index contributed by atoms with van der Waals surface area (Å²) in [7, 11) is 0. The minimum Gasteiger partial charge on any atom is -0.453 e. The molecule has 1 fully saturated rings. The van der Waals surface area contributed by atoms with Crippen molar-refractivity contribution in [3.8, 4) is 0 Å². The molecule has 0 aromatic heterocycles. The van der Waals surface area contributed by atoms with E-state index in [1.165, 1.54) is 24.3 Å². The van der Waals surface area contributed by atoms with Crippen molar-refractivity contribution in [2.75, 3.05) is 6.61 Å². The lowest BCUT2D eigenvalue weighted by atomic mass is 9.92. The molecular formula is C30H31NO8. The summed E-state index contributed by atoms with van der Waals surface area (Å²) in [5.41, 5.74) is 1.83. The molecule has 0 aliphatic carbocycles. The number of benzene rings is 3. The third kappa shape index (κ3) is 7.36. The van der Waals surface area contributed by atoms with Crippen molar-refractivity contribution in [1.29, 1.82) is 0 Å². The fraction of sp³-hybridized carbons (Fsp3) is 0.300. The third-order valence-corrected chi connectivity index (χ3v) is 6.44. The van der Waals surface area contributed by atoms with E-state index in [-0.39, 0.29) is 24.5 Å². The fourth-order valence-corrected chi connectivity index (χ4v) is 4.47. The summed E-state index contributed by atoms with van der Waals surface area (Å²) in [6.45, 7) is 3.88. The highest BCUT2D eigenvalue weighted by atomic mass is 16.6. The summed E-state index contributed by atoms with van der Waals surface area (Å²) in [5.74, 6) is -0.728. The number of rotatable bonds is 12. The summed E-state index contributed by atoms with van der Waals surface area (Å²) in [6.07, 6.45) is -1.77. The Bertz CT molecular complexity index is 1220. The van der Waals surface area contributed by atoms with Crippen molar-refractivity contribution >= 4 is 11.7 Å². The molecule has 9 heteroatoms. The maximum Gasteiger partial charge on any atom is 0.338 e. The topological polar surface area (TPSA) is 117 Å². The molecule has 1 aliphatic rings. The van der Waals surface area contributed by atoms with E-state index in [0.717, 1.165) is 11.1 Å². The lowest BCUT2D eigenvalue weighted by Crippen LogP contribution is -2.61. The molecule has 1 N–H and O–H groups in total. The van der Waals surface area contributed by atoms with Crippen molar-refractivity contribution in [3.05, 3.63) is 124 Å². The molecule has 0 radical (unpaired) electrons. The molecule has 0 spiro atoms. The van der Waals surface area contributed by atoms with Gasteiger partial charge in [0, 0.05) is 12.1 Å². The Morgan fingerprint density at radius 1 is 0.872 bits per heavy atom. The molecule has 5 atom stereocenters. The van der Waals surface area contributed by atoms with Gasteiger partial charge in [0.05, 0.1) is 36.4 Å². The van der Waals surface area contributed by atoms with Crippen LogP contribution < -0.4 is 0 Å². The average Bonchev–Trinajstić information content (AvgIpc) is 2.97. The number of nitro groups is 1. The molecule has 1 saturated heterocycles. The quantitative estimate of drug-likeness (QED) is 0.155. The molecule has 3 aromatic carbocycles. The Hall–Kier alpha value is -3.89. The number of ether oxygens (including phenoxy) is 4. The Morgan fingerprint density at radius 3 is 1.95 bits per heavy atom. The molecule has 0 bridgehead atoms. The number of carbonyl (C=O) groups is 1. The van der Waals surface area contributed by atoms with Crippen LogP contribution in [0.2, 0.25) is 0 Å². The van der Waals surface area contributed by atoms with Gasteiger partial charge in [-0.2, -0.15) is 0 Å². The highest BCUT2D eigenvalue weighted by Crippen LogP contribution is 2.32. The number of aliphatic hydroxyl groups is 1. The van der Waals surface area contributed by atoms with Crippen LogP contribution in [-0.2, 0) is 32.2 Å². The summed E-state index contributed by atoms with van der Waals surface area (Å²) >= 11 is 0. The van der Waals surface area contributed by atoms with Crippen LogP contribution in [0.15, 0.2) is 97.6 Å². The summed E-state index contributed by atoms with van der Waals surface area (Å²) in [6, 6.07) is 24.3. The molecule has 3 aromatic rings. The van der Waals surface area contributed by atoms with Crippen LogP contribution >= 0.6 is 0 Å². The van der Waals surface area contributed by atoms with E-state index >= 15 is 0 Å². The molecule has 1 aliphatic heterocycles. The predicted octanol–water partition coefficient (Wildman–Crippen LogP) is 4.63. The lowest BCUT2D eigenvalue weighted by Gasteiger charge is -2.45. The van der Waals surface area contributed by atoms with Crippen LogP contribution in [0, 0.1) is 10.1 Å². The molecule has 204 valence electrons. The van der Waals surface area contributed by atoms with Crippen LogP contribution in [0.1, 0.15) is 27.9 Å². The Balaban J connectivity index is 1.62. The standard InChI is InChI=1S/C30H31NO8/c1-2-9-25-27(36-19-21-10-5-3-6-11-21)29(37-20-22-12-7-4-8-13-22)28(26(18-32)38-25)39-30(33)23-14-16-24(17-15-23)31(34)35/h2-8,10-17,25-29,32H,1,9,18-20H2/t25-,26-,27+,28-,29-/m1/s1. The van der Waals surface area contributed by atoms with Gasteiger partial charge < -0.3 is 24.1 Å². The van der Waals surface area contributed by atoms with Crippen molar-refractivity contribution < 1.29 is 33.8 Å². The summed E-state index contributed by atoms with van der Waals surface area (Å²) < 4.78 is 24.7. The molecule has 9 nitrogen and oxygen atoms in total. The van der Waals surface area contributed by atoms with Crippen molar-refractivity contribution in [3.63, 3.8) is 0 Å². The van der Waals surface area contributed by atoms with E-state index in [1.807, 2.05) is 60.7 Å². The van der Waals surface area contributed by atoms with E-state index in [9.17, 15) is 20.0 Å². The van der Waals surface area contributed by atoms with Gasteiger partial charge in [-0.1, -0.05) is 66.7 Å². The summed E-state index contributed by atoms with van der Waals surface area (Å²) in [5, 5.41) is 21.2. The number of hydrogen-bond acceptors (Lipinski definition) is 8. The third-order valence-electron chi connectivity index (χ3n) is 6.44. The second kappa shape index (κ2) is 13.8.